The zero-order chi connectivity index (χ0) is 21.9. The average molecular weight is 461 g/mol. The monoisotopic (exact) mass is 460 g/mol. The average Bonchev–Trinajstić information content (AvgIpc) is 2.66. The smallest absolute Gasteiger partial charge is 0.261 e. The van der Waals surface area contributed by atoms with Gasteiger partial charge in [0.1, 0.15) is 0 Å². The van der Waals surface area contributed by atoms with Gasteiger partial charge in [0.2, 0.25) is 10.0 Å². The molecule has 6 nitrogen and oxygen atoms in total. The number of hydrogen-bond donors (Lipinski definition) is 2. The van der Waals surface area contributed by atoms with Crippen LogP contribution in [0.2, 0.25) is 0 Å². The summed E-state index contributed by atoms with van der Waals surface area (Å²) >= 11 is 0. The molecule has 6 rings (SSSR count). The highest BCUT2D eigenvalue weighted by Gasteiger charge is 2.52. The first kappa shape index (κ1) is 21.0. The van der Waals surface area contributed by atoms with Crippen LogP contribution in [0.4, 0.5) is 5.69 Å². The summed E-state index contributed by atoms with van der Waals surface area (Å²) < 4.78 is 56.9. The quantitative estimate of drug-likeness (QED) is 0.680. The molecule has 0 radical (unpaired) electrons. The van der Waals surface area contributed by atoms with Crippen LogP contribution in [0.1, 0.15) is 44.1 Å². The van der Waals surface area contributed by atoms with Crippen molar-refractivity contribution in [3.8, 4) is 0 Å². The van der Waals surface area contributed by atoms with Gasteiger partial charge in [-0.15, -0.1) is 0 Å². The van der Waals surface area contributed by atoms with Crippen molar-refractivity contribution in [2.24, 2.45) is 17.8 Å². The predicted octanol–water partition coefficient (Wildman–Crippen LogP) is 4.04. The maximum Gasteiger partial charge on any atom is 0.261 e. The lowest BCUT2D eigenvalue weighted by atomic mass is 9.53. The summed E-state index contributed by atoms with van der Waals surface area (Å²) in [5.74, 6) is 1.94. The Hall–Kier alpha value is -1.90. The Bertz CT molecular complexity index is 1150. The highest BCUT2D eigenvalue weighted by Crippen LogP contribution is 2.55. The molecule has 8 heteroatoms. The zero-order valence-electron chi connectivity index (χ0n) is 17.5. The van der Waals surface area contributed by atoms with Gasteiger partial charge in [0.25, 0.3) is 10.0 Å². The Morgan fingerprint density at radius 2 is 1.16 bits per heavy atom. The molecule has 0 saturated heterocycles. The molecule has 0 aliphatic heterocycles. The van der Waals surface area contributed by atoms with Gasteiger partial charge in [-0.1, -0.05) is 17.7 Å². The minimum Gasteiger partial charge on any atom is -0.280 e. The van der Waals surface area contributed by atoms with Crippen molar-refractivity contribution in [2.75, 3.05) is 4.72 Å². The summed E-state index contributed by atoms with van der Waals surface area (Å²) in [5.41, 5.74) is 0.994. The van der Waals surface area contributed by atoms with Gasteiger partial charge in [0.15, 0.2) is 0 Å². The van der Waals surface area contributed by atoms with Crippen LogP contribution in [0.3, 0.4) is 0 Å². The molecule has 4 fully saturated rings. The van der Waals surface area contributed by atoms with Crippen LogP contribution < -0.4 is 9.44 Å². The molecule has 166 valence electrons. The van der Waals surface area contributed by atoms with Gasteiger partial charge in [-0.3, -0.25) is 4.72 Å². The zero-order valence-corrected chi connectivity index (χ0v) is 19.2. The van der Waals surface area contributed by atoms with Crippen LogP contribution >= 0.6 is 0 Å². The molecular formula is C23H28N2O4S2. The van der Waals surface area contributed by atoms with Crippen molar-refractivity contribution in [3.63, 3.8) is 0 Å². The van der Waals surface area contributed by atoms with Crippen molar-refractivity contribution < 1.29 is 16.8 Å². The van der Waals surface area contributed by atoms with Crippen molar-refractivity contribution in [3.05, 3.63) is 54.1 Å². The van der Waals surface area contributed by atoms with Gasteiger partial charge < -0.3 is 0 Å². The molecule has 0 unspecified atom stereocenters. The third-order valence-electron chi connectivity index (χ3n) is 7.14. The second-order valence-electron chi connectivity index (χ2n) is 9.75. The van der Waals surface area contributed by atoms with E-state index in [9.17, 15) is 16.8 Å². The number of nitrogens with one attached hydrogen (secondary N) is 2. The van der Waals surface area contributed by atoms with Crippen LogP contribution in [-0.2, 0) is 20.0 Å². The number of hydrogen-bond acceptors (Lipinski definition) is 4. The molecule has 4 bridgehead atoms. The van der Waals surface area contributed by atoms with E-state index in [1.807, 2.05) is 6.92 Å². The second kappa shape index (κ2) is 7.32. The molecule has 2 aromatic rings. The third-order valence-corrected chi connectivity index (χ3v) is 10.1. The lowest BCUT2D eigenvalue weighted by Gasteiger charge is -2.56. The Labute approximate surface area is 184 Å². The summed E-state index contributed by atoms with van der Waals surface area (Å²) in [6.07, 6.45) is 6.55. The Balaban J connectivity index is 1.32. The standard InChI is InChI=1S/C23H28N2O4S2/c1-16-2-6-21(7-3-16)30(26,27)24-20-4-8-22(9-5-20)31(28,29)25-23-13-17-10-18(14-23)12-19(11-17)15-23/h2-9,17-19,24-25H,10-15H2,1H3. The lowest BCUT2D eigenvalue weighted by molar-refractivity contribution is -0.00810. The molecule has 0 spiro atoms. The van der Waals surface area contributed by atoms with Gasteiger partial charge in [-0.25, -0.2) is 21.6 Å². The Morgan fingerprint density at radius 1 is 0.710 bits per heavy atom. The fourth-order valence-electron chi connectivity index (χ4n) is 6.21. The molecule has 4 aliphatic carbocycles. The summed E-state index contributed by atoms with van der Waals surface area (Å²) in [5, 5.41) is 0. The molecule has 0 amide bonds. The number of aryl methyl sites for hydroxylation is 1. The number of benzene rings is 2. The maximum atomic E-state index is 13.1. The highest BCUT2D eigenvalue weighted by atomic mass is 32.2. The highest BCUT2D eigenvalue weighted by molar-refractivity contribution is 7.92. The number of sulfonamides is 2. The van der Waals surface area contributed by atoms with Crippen molar-refractivity contribution in [1.82, 2.24) is 4.72 Å². The molecule has 2 aromatic carbocycles. The summed E-state index contributed by atoms with van der Waals surface area (Å²) in [7, 11) is -7.40. The van der Waals surface area contributed by atoms with Crippen LogP contribution in [-0.4, -0.2) is 22.4 Å². The van der Waals surface area contributed by atoms with E-state index < -0.39 is 20.0 Å². The Kier molecular flexibility index (Phi) is 4.95. The Morgan fingerprint density at radius 3 is 1.68 bits per heavy atom. The van der Waals surface area contributed by atoms with Crippen molar-refractivity contribution in [2.45, 2.75) is 60.8 Å². The van der Waals surface area contributed by atoms with E-state index >= 15 is 0 Å². The maximum absolute atomic E-state index is 13.1. The molecule has 0 atom stereocenters. The van der Waals surface area contributed by atoms with Gasteiger partial charge in [0, 0.05) is 11.2 Å². The van der Waals surface area contributed by atoms with E-state index in [1.54, 1.807) is 24.3 Å². The predicted molar refractivity (Wildman–Crippen MR) is 120 cm³/mol. The van der Waals surface area contributed by atoms with E-state index in [1.165, 1.54) is 43.5 Å². The number of anilines is 1. The van der Waals surface area contributed by atoms with E-state index in [-0.39, 0.29) is 15.3 Å². The van der Waals surface area contributed by atoms with Crippen LogP contribution in [0, 0.1) is 24.7 Å². The molecule has 31 heavy (non-hydrogen) atoms. The normalized spacial score (nSPS) is 29.8. The molecule has 0 aromatic heterocycles. The fourth-order valence-corrected chi connectivity index (χ4v) is 8.70. The first-order valence-electron chi connectivity index (χ1n) is 10.9. The fraction of sp³-hybridized carbons (Fsp3) is 0.478. The largest absolute Gasteiger partial charge is 0.280 e. The number of rotatable bonds is 6. The molecule has 4 aliphatic rings. The molecular weight excluding hydrogens is 432 g/mol. The van der Waals surface area contributed by atoms with Gasteiger partial charge in [-0.2, -0.15) is 0 Å². The van der Waals surface area contributed by atoms with Crippen LogP contribution in [0.15, 0.2) is 58.3 Å². The molecule has 2 N–H and O–H groups in total. The first-order valence-corrected chi connectivity index (χ1v) is 13.8. The van der Waals surface area contributed by atoms with Gasteiger partial charge in [0.05, 0.1) is 9.79 Å². The first-order chi connectivity index (χ1) is 14.6. The summed E-state index contributed by atoms with van der Waals surface area (Å²) in [6.45, 7) is 1.89. The van der Waals surface area contributed by atoms with Gasteiger partial charge >= 0.3 is 0 Å². The van der Waals surface area contributed by atoms with Crippen LogP contribution in [0.25, 0.3) is 0 Å². The van der Waals surface area contributed by atoms with E-state index in [0.717, 1.165) is 24.8 Å². The minimum absolute atomic E-state index is 0.165. The van der Waals surface area contributed by atoms with E-state index in [2.05, 4.69) is 9.44 Å². The third kappa shape index (κ3) is 4.13. The van der Waals surface area contributed by atoms with E-state index in [4.69, 9.17) is 0 Å². The van der Waals surface area contributed by atoms with Crippen molar-refractivity contribution in [1.29, 1.82) is 0 Å². The van der Waals surface area contributed by atoms with Crippen LogP contribution in [0.5, 0.6) is 0 Å². The topological polar surface area (TPSA) is 92.3 Å². The minimum atomic E-state index is -3.73. The molecule has 0 heterocycles. The lowest BCUT2D eigenvalue weighted by Crippen LogP contribution is -2.59. The van der Waals surface area contributed by atoms with Crippen molar-refractivity contribution >= 4 is 25.7 Å². The SMILES string of the molecule is Cc1ccc(S(=O)(=O)Nc2ccc(S(=O)(=O)NC34CC5CC(CC(C5)C3)C4)cc2)cc1. The molecule has 4 saturated carbocycles. The summed E-state index contributed by atoms with van der Waals surface area (Å²) in [4.78, 5) is 0.333. The van der Waals surface area contributed by atoms with E-state index in [0.29, 0.717) is 23.4 Å². The summed E-state index contributed by atoms with van der Waals surface area (Å²) in [6, 6.07) is 12.5. The second-order valence-corrected chi connectivity index (χ2v) is 13.1. The van der Waals surface area contributed by atoms with Gasteiger partial charge in [-0.05, 0) is 99.6 Å².